The normalized spacial score (nSPS) is 13.8. The first-order chi connectivity index (χ1) is 13.5. The summed E-state index contributed by atoms with van der Waals surface area (Å²) in [6.07, 6.45) is 1.20. The lowest BCUT2D eigenvalue weighted by Gasteiger charge is -2.23. The van der Waals surface area contributed by atoms with Gasteiger partial charge in [-0.2, -0.15) is 0 Å². The number of amides is 1. The van der Waals surface area contributed by atoms with Gasteiger partial charge in [0.1, 0.15) is 5.75 Å². The highest BCUT2D eigenvalue weighted by Gasteiger charge is 2.21. The standard InChI is InChI=1S/C23H31NO4S/c1-7-21(18-9-11-19(12-10-18)29(6,26)27)24-23(25)17(5)28-22-14-16(4)8-13-20(22)15(2)3/h8-15,17,21H,7H2,1-6H3,(H,24,25)/t17-,21-/m1/s1. The van der Waals surface area contributed by atoms with E-state index >= 15 is 0 Å². The van der Waals surface area contributed by atoms with Crippen LogP contribution in [0.1, 0.15) is 62.8 Å². The Hall–Kier alpha value is -2.34. The molecule has 2 aromatic carbocycles. The summed E-state index contributed by atoms with van der Waals surface area (Å²) in [4.78, 5) is 13.0. The van der Waals surface area contributed by atoms with Crippen LogP contribution in [0.4, 0.5) is 0 Å². The number of hydrogen-bond donors (Lipinski definition) is 1. The van der Waals surface area contributed by atoms with Crippen LogP contribution in [0.3, 0.4) is 0 Å². The highest BCUT2D eigenvalue weighted by molar-refractivity contribution is 7.90. The van der Waals surface area contributed by atoms with Crippen LogP contribution in [0.5, 0.6) is 5.75 Å². The number of benzene rings is 2. The monoisotopic (exact) mass is 417 g/mol. The first-order valence-electron chi connectivity index (χ1n) is 9.90. The summed E-state index contributed by atoms with van der Waals surface area (Å²) in [5.41, 5.74) is 3.01. The van der Waals surface area contributed by atoms with E-state index in [2.05, 4.69) is 19.2 Å². The highest BCUT2D eigenvalue weighted by atomic mass is 32.2. The van der Waals surface area contributed by atoms with Gasteiger partial charge in [-0.1, -0.05) is 45.0 Å². The molecule has 6 heteroatoms. The van der Waals surface area contributed by atoms with E-state index in [1.54, 1.807) is 31.2 Å². The second-order valence-electron chi connectivity index (χ2n) is 7.77. The number of sulfone groups is 1. The number of carbonyl (C=O) groups excluding carboxylic acids is 1. The van der Waals surface area contributed by atoms with E-state index in [9.17, 15) is 13.2 Å². The smallest absolute Gasteiger partial charge is 0.261 e. The Morgan fingerprint density at radius 1 is 1.07 bits per heavy atom. The lowest BCUT2D eigenvalue weighted by Crippen LogP contribution is -2.38. The van der Waals surface area contributed by atoms with Crippen LogP contribution < -0.4 is 10.1 Å². The zero-order chi connectivity index (χ0) is 21.8. The molecule has 1 N–H and O–H groups in total. The maximum Gasteiger partial charge on any atom is 0.261 e. The summed E-state index contributed by atoms with van der Waals surface area (Å²) in [7, 11) is -3.25. The number of hydrogen-bond acceptors (Lipinski definition) is 4. The van der Waals surface area contributed by atoms with E-state index in [1.807, 2.05) is 32.0 Å². The molecule has 0 spiro atoms. The molecule has 0 saturated carbocycles. The molecule has 0 radical (unpaired) electrons. The molecule has 2 aromatic rings. The molecule has 2 rings (SSSR count). The quantitative estimate of drug-likeness (QED) is 0.684. The molecule has 0 unspecified atom stereocenters. The van der Waals surface area contributed by atoms with Gasteiger partial charge in [-0.05, 0) is 61.1 Å². The molecular formula is C23H31NO4S. The van der Waals surface area contributed by atoms with Crippen molar-refractivity contribution in [1.29, 1.82) is 0 Å². The van der Waals surface area contributed by atoms with Gasteiger partial charge in [0.05, 0.1) is 10.9 Å². The molecule has 0 saturated heterocycles. The minimum absolute atomic E-state index is 0.208. The fourth-order valence-electron chi connectivity index (χ4n) is 3.12. The van der Waals surface area contributed by atoms with Crippen LogP contribution in [0, 0.1) is 6.92 Å². The van der Waals surface area contributed by atoms with Gasteiger partial charge in [-0.15, -0.1) is 0 Å². The third-order valence-electron chi connectivity index (χ3n) is 4.90. The number of nitrogens with one attached hydrogen (secondary N) is 1. The van der Waals surface area contributed by atoms with Crippen molar-refractivity contribution >= 4 is 15.7 Å². The Bertz CT molecular complexity index is 949. The Kier molecular flexibility index (Phi) is 7.47. The Morgan fingerprint density at radius 2 is 1.69 bits per heavy atom. The maximum absolute atomic E-state index is 12.8. The van der Waals surface area contributed by atoms with Crippen molar-refractivity contribution in [3.8, 4) is 5.75 Å². The predicted molar refractivity (Wildman–Crippen MR) is 116 cm³/mol. The van der Waals surface area contributed by atoms with Gasteiger partial charge in [0.15, 0.2) is 15.9 Å². The first kappa shape index (κ1) is 22.9. The first-order valence-corrected chi connectivity index (χ1v) is 11.8. The van der Waals surface area contributed by atoms with E-state index in [1.165, 1.54) is 6.26 Å². The van der Waals surface area contributed by atoms with Gasteiger partial charge in [0.2, 0.25) is 0 Å². The molecule has 2 atom stereocenters. The minimum atomic E-state index is -3.25. The van der Waals surface area contributed by atoms with Gasteiger partial charge in [0, 0.05) is 6.26 Å². The van der Waals surface area contributed by atoms with Gasteiger partial charge in [-0.25, -0.2) is 8.42 Å². The minimum Gasteiger partial charge on any atom is -0.481 e. The summed E-state index contributed by atoms with van der Waals surface area (Å²) >= 11 is 0. The Morgan fingerprint density at radius 3 is 2.21 bits per heavy atom. The van der Waals surface area contributed by atoms with Crippen molar-refractivity contribution in [2.24, 2.45) is 0 Å². The van der Waals surface area contributed by atoms with Crippen LogP contribution in [0.15, 0.2) is 47.4 Å². The fourth-order valence-corrected chi connectivity index (χ4v) is 3.75. The van der Waals surface area contributed by atoms with E-state index < -0.39 is 15.9 Å². The third-order valence-corrected chi connectivity index (χ3v) is 6.03. The van der Waals surface area contributed by atoms with Crippen LogP contribution in [0.25, 0.3) is 0 Å². The van der Waals surface area contributed by atoms with Crippen molar-refractivity contribution in [1.82, 2.24) is 5.32 Å². The summed E-state index contributed by atoms with van der Waals surface area (Å²) in [5.74, 6) is 0.811. The summed E-state index contributed by atoms with van der Waals surface area (Å²) in [5, 5.41) is 3.01. The maximum atomic E-state index is 12.8. The van der Waals surface area contributed by atoms with Gasteiger partial charge in [0.25, 0.3) is 5.91 Å². The van der Waals surface area contributed by atoms with Gasteiger partial charge >= 0.3 is 0 Å². The lowest BCUT2D eigenvalue weighted by atomic mass is 10.0. The lowest BCUT2D eigenvalue weighted by molar-refractivity contribution is -0.128. The van der Waals surface area contributed by atoms with E-state index in [0.29, 0.717) is 6.42 Å². The average Bonchev–Trinajstić information content (AvgIpc) is 2.65. The van der Waals surface area contributed by atoms with Crippen LogP contribution in [0.2, 0.25) is 0 Å². The molecule has 158 valence electrons. The topological polar surface area (TPSA) is 72.5 Å². The zero-order valence-electron chi connectivity index (χ0n) is 18.0. The van der Waals surface area contributed by atoms with Crippen LogP contribution >= 0.6 is 0 Å². The molecule has 0 aliphatic carbocycles. The Labute approximate surface area is 174 Å². The SMILES string of the molecule is CC[C@@H](NC(=O)[C@@H](C)Oc1cc(C)ccc1C(C)C)c1ccc(S(C)(=O)=O)cc1. The van der Waals surface area contributed by atoms with Crippen LogP contribution in [-0.2, 0) is 14.6 Å². The second kappa shape index (κ2) is 9.44. The molecule has 0 fully saturated rings. The Balaban J connectivity index is 2.12. The largest absolute Gasteiger partial charge is 0.481 e. The van der Waals surface area contributed by atoms with Gasteiger partial charge < -0.3 is 10.1 Å². The van der Waals surface area contributed by atoms with Crippen molar-refractivity contribution in [3.63, 3.8) is 0 Å². The van der Waals surface area contributed by atoms with E-state index in [-0.39, 0.29) is 22.8 Å². The van der Waals surface area contributed by atoms with E-state index in [4.69, 9.17) is 4.74 Å². The number of aryl methyl sites for hydroxylation is 1. The average molecular weight is 418 g/mol. The highest BCUT2D eigenvalue weighted by Crippen LogP contribution is 2.28. The molecule has 1 amide bonds. The zero-order valence-corrected chi connectivity index (χ0v) is 18.8. The number of ether oxygens (including phenoxy) is 1. The summed E-state index contributed by atoms with van der Waals surface area (Å²) in [6, 6.07) is 12.5. The van der Waals surface area contributed by atoms with Crippen LogP contribution in [-0.4, -0.2) is 26.7 Å². The van der Waals surface area contributed by atoms with Gasteiger partial charge in [-0.3, -0.25) is 4.79 Å². The summed E-state index contributed by atoms with van der Waals surface area (Å²) < 4.78 is 29.3. The van der Waals surface area contributed by atoms with E-state index in [0.717, 1.165) is 22.4 Å². The second-order valence-corrected chi connectivity index (χ2v) is 9.78. The molecule has 5 nitrogen and oxygen atoms in total. The predicted octanol–water partition coefficient (Wildman–Crippen LogP) is 4.56. The fraction of sp³-hybridized carbons (Fsp3) is 0.435. The number of carbonyl (C=O) groups is 1. The third kappa shape index (κ3) is 6.07. The molecule has 0 aliphatic rings. The van der Waals surface area contributed by atoms with Crippen molar-refractivity contribution in [3.05, 3.63) is 59.2 Å². The molecule has 0 aromatic heterocycles. The molecule has 29 heavy (non-hydrogen) atoms. The van der Waals surface area contributed by atoms with Crippen molar-refractivity contribution < 1.29 is 17.9 Å². The van der Waals surface area contributed by atoms with Crippen molar-refractivity contribution in [2.75, 3.05) is 6.26 Å². The van der Waals surface area contributed by atoms with Crippen molar-refractivity contribution in [2.45, 2.75) is 64.0 Å². The summed E-state index contributed by atoms with van der Waals surface area (Å²) in [6.45, 7) is 9.89. The molecule has 0 bridgehead atoms. The molecule has 0 heterocycles. The number of rotatable bonds is 8. The molecular weight excluding hydrogens is 386 g/mol. The molecule has 0 aliphatic heterocycles.